The highest BCUT2D eigenvalue weighted by Gasteiger charge is 2.51. The summed E-state index contributed by atoms with van der Waals surface area (Å²) >= 11 is 0. The van der Waals surface area contributed by atoms with Gasteiger partial charge in [-0.05, 0) is 30.5 Å². The second kappa shape index (κ2) is 4.94. The lowest BCUT2D eigenvalue weighted by atomic mass is 9.88. The van der Waals surface area contributed by atoms with Crippen LogP contribution in [0.5, 0.6) is 0 Å². The van der Waals surface area contributed by atoms with Gasteiger partial charge in [0.1, 0.15) is 0 Å². The molecule has 2 fully saturated rings. The van der Waals surface area contributed by atoms with Crippen LogP contribution < -0.4 is 5.32 Å². The molecule has 102 valence electrons. The van der Waals surface area contributed by atoms with E-state index >= 15 is 0 Å². The SMILES string of the molecule is COC(=O)c1ccc(C2(C3CNCCO3)CC2)cc1. The zero-order valence-electron chi connectivity index (χ0n) is 11.1. The fraction of sp³-hybridized carbons (Fsp3) is 0.533. The molecule has 0 aromatic heterocycles. The summed E-state index contributed by atoms with van der Waals surface area (Å²) in [6.07, 6.45) is 2.58. The lowest BCUT2D eigenvalue weighted by molar-refractivity contribution is 0.00377. The Morgan fingerprint density at radius 1 is 1.37 bits per heavy atom. The Kier molecular flexibility index (Phi) is 3.29. The Morgan fingerprint density at radius 2 is 2.11 bits per heavy atom. The van der Waals surface area contributed by atoms with Gasteiger partial charge in [-0.15, -0.1) is 0 Å². The van der Waals surface area contributed by atoms with E-state index in [4.69, 9.17) is 9.47 Å². The Morgan fingerprint density at radius 3 is 2.63 bits per heavy atom. The average molecular weight is 261 g/mol. The van der Waals surface area contributed by atoms with Gasteiger partial charge >= 0.3 is 5.97 Å². The summed E-state index contributed by atoms with van der Waals surface area (Å²) < 4.78 is 10.6. The summed E-state index contributed by atoms with van der Waals surface area (Å²) in [4.78, 5) is 11.4. The van der Waals surface area contributed by atoms with Crippen LogP contribution in [0.15, 0.2) is 24.3 Å². The number of hydrogen-bond donors (Lipinski definition) is 1. The summed E-state index contributed by atoms with van der Waals surface area (Å²) in [5.41, 5.74) is 2.03. The number of carbonyl (C=O) groups is 1. The van der Waals surface area contributed by atoms with Gasteiger partial charge in [0.15, 0.2) is 0 Å². The topological polar surface area (TPSA) is 47.6 Å². The summed E-state index contributed by atoms with van der Waals surface area (Å²) in [6.45, 7) is 2.64. The molecule has 1 aromatic rings. The van der Waals surface area contributed by atoms with Crippen molar-refractivity contribution < 1.29 is 14.3 Å². The predicted molar refractivity (Wildman–Crippen MR) is 71.3 cm³/mol. The molecule has 1 saturated heterocycles. The first-order chi connectivity index (χ1) is 9.26. The van der Waals surface area contributed by atoms with E-state index in [1.54, 1.807) is 0 Å². The van der Waals surface area contributed by atoms with Crippen LogP contribution in [0, 0.1) is 0 Å². The van der Waals surface area contributed by atoms with Crippen molar-refractivity contribution in [2.75, 3.05) is 26.8 Å². The third-order valence-electron chi connectivity index (χ3n) is 4.21. The molecule has 4 nitrogen and oxygen atoms in total. The average Bonchev–Trinajstić information content (AvgIpc) is 3.29. The standard InChI is InChI=1S/C15H19NO3/c1-18-14(17)11-2-4-12(5-3-11)15(6-7-15)13-10-16-8-9-19-13/h2-5,13,16H,6-10H2,1H3. The van der Waals surface area contributed by atoms with Crippen LogP contribution in [0.3, 0.4) is 0 Å². The lowest BCUT2D eigenvalue weighted by Gasteiger charge is -2.31. The third kappa shape index (κ3) is 2.26. The molecule has 0 radical (unpaired) electrons. The van der Waals surface area contributed by atoms with E-state index in [0.717, 1.165) is 32.5 Å². The molecule has 19 heavy (non-hydrogen) atoms. The van der Waals surface area contributed by atoms with Crippen LogP contribution in [-0.4, -0.2) is 38.9 Å². The monoisotopic (exact) mass is 261 g/mol. The van der Waals surface area contributed by atoms with Crippen LogP contribution >= 0.6 is 0 Å². The van der Waals surface area contributed by atoms with E-state index in [-0.39, 0.29) is 17.5 Å². The largest absolute Gasteiger partial charge is 0.465 e. The molecule has 0 bridgehead atoms. The van der Waals surface area contributed by atoms with Crippen LogP contribution in [0.2, 0.25) is 0 Å². The third-order valence-corrected chi connectivity index (χ3v) is 4.21. The van der Waals surface area contributed by atoms with Gasteiger partial charge in [-0.3, -0.25) is 0 Å². The van der Waals surface area contributed by atoms with Gasteiger partial charge in [-0.25, -0.2) is 4.79 Å². The normalized spacial score (nSPS) is 24.8. The van der Waals surface area contributed by atoms with E-state index in [2.05, 4.69) is 5.32 Å². The number of benzene rings is 1. The van der Waals surface area contributed by atoms with Gasteiger partial charge < -0.3 is 14.8 Å². The molecule has 1 unspecified atom stereocenters. The highest BCUT2D eigenvalue weighted by Crippen LogP contribution is 2.52. The molecule has 3 rings (SSSR count). The predicted octanol–water partition coefficient (Wildman–Crippen LogP) is 1.49. The highest BCUT2D eigenvalue weighted by atomic mass is 16.5. The minimum Gasteiger partial charge on any atom is -0.465 e. The van der Waals surface area contributed by atoms with Crippen molar-refractivity contribution in [2.24, 2.45) is 0 Å². The fourth-order valence-corrected chi connectivity index (χ4v) is 2.91. The van der Waals surface area contributed by atoms with E-state index in [1.807, 2.05) is 24.3 Å². The van der Waals surface area contributed by atoms with Crippen molar-refractivity contribution in [3.63, 3.8) is 0 Å². The molecule has 1 atom stereocenters. The Balaban J connectivity index is 1.79. The molecule has 1 aliphatic carbocycles. The maximum atomic E-state index is 11.4. The first-order valence-corrected chi connectivity index (χ1v) is 6.77. The minimum atomic E-state index is -0.285. The van der Waals surface area contributed by atoms with Gasteiger partial charge in [0.05, 0.1) is 25.4 Å². The van der Waals surface area contributed by atoms with E-state index in [0.29, 0.717) is 5.56 Å². The number of esters is 1. The molecule has 1 saturated carbocycles. The maximum absolute atomic E-state index is 11.4. The van der Waals surface area contributed by atoms with Gasteiger partial charge in [0.2, 0.25) is 0 Å². The summed E-state index contributed by atoms with van der Waals surface area (Å²) in [7, 11) is 1.40. The van der Waals surface area contributed by atoms with Crippen molar-refractivity contribution >= 4 is 5.97 Å². The number of morpholine rings is 1. The Labute approximate surface area is 113 Å². The molecule has 1 aromatic carbocycles. The number of nitrogens with one attached hydrogen (secondary N) is 1. The maximum Gasteiger partial charge on any atom is 0.337 e. The first kappa shape index (κ1) is 12.6. The molecule has 1 heterocycles. The second-order valence-corrected chi connectivity index (χ2v) is 5.29. The van der Waals surface area contributed by atoms with Gasteiger partial charge in [-0.2, -0.15) is 0 Å². The fourth-order valence-electron chi connectivity index (χ4n) is 2.91. The molecular weight excluding hydrogens is 242 g/mol. The van der Waals surface area contributed by atoms with Crippen LogP contribution in [0.1, 0.15) is 28.8 Å². The number of hydrogen-bond acceptors (Lipinski definition) is 4. The zero-order valence-corrected chi connectivity index (χ0v) is 11.1. The van der Waals surface area contributed by atoms with E-state index < -0.39 is 0 Å². The smallest absolute Gasteiger partial charge is 0.337 e. The highest BCUT2D eigenvalue weighted by molar-refractivity contribution is 5.89. The number of ether oxygens (including phenoxy) is 2. The molecular formula is C15H19NO3. The van der Waals surface area contributed by atoms with Crippen LogP contribution in [0.4, 0.5) is 0 Å². The first-order valence-electron chi connectivity index (χ1n) is 6.77. The number of carbonyl (C=O) groups excluding carboxylic acids is 1. The molecule has 2 aliphatic rings. The summed E-state index contributed by atoms with van der Waals surface area (Å²) in [5.74, 6) is -0.285. The summed E-state index contributed by atoms with van der Waals surface area (Å²) in [5, 5.41) is 3.39. The Bertz CT molecular complexity index is 459. The van der Waals surface area contributed by atoms with E-state index in [9.17, 15) is 4.79 Å². The second-order valence-electron chi connectivity index (χ2n) is 5.29. The lowest BCUT2D eigenvalue weighted by Crippen LogP contribution is -2.45. The quantitative estimate of drug-likeness (QED) is 0.838. The van der Waals surface area contributed by atoms with Gasteiger partial charge in [0.25, 0.3) is 0 Å². The molecule has 4 heteroatoms. The van der Waals surface area contributed by atoms with Crippen molar-refractivity contribution in [2.45, 2.75) is 24.4 Å². The molecule has 1 aliphatic heterocycles. The summed E-state index contributed by atoms with van der Waals surface area (Å²) in [6, 6.07) is 7.77. The number of rotatable bonds is 3. The van der Waals surface area contributed by atoms with Crippen LogP contribution in [-0.2, 0) is 14.9 Å². The molecule has 1 N–H and O–H groups in total. The molecule has 0 amide bonds. The van der Waals surface area contributed by atoms with Crippen molar-refractivity contribution in [3.05, 3.63) is 35.4 Å². The van der Waals surface area contributed by atoms with Gasteiger partial charge in [-0.1, -0.05) is 12.1 Å². The minimum absolute atomic E-state index is 0.155. The van der Waals surface area contributed by atoms with Crippen molar-refractivity contribution in [1.29, 1.82) is 0 Å². The molecule has 0 spiro atoms. The van der Waals surface area contributed by atoms with Crippen molar-refractivity contribution in [3.8, 4) is 0 Å². The van der Waals surface area contributed by atoms with Crippen molar-refractivity contribution in [1.82, 2.24) is 5.32 Å². The van der Waals surface area contributed by atoms with Gasteiger partial charge in [0, 0.05) is 18.5 Å². The van der Waals surface area contributed by atoms with E-state index in [1.165, 1.54) is 12.7 Å². The number of methoxy groups -OCH3 is 1. The Hall–Kier alpha value is -1.39. The van der Waals surface area contributed by atoms with Crippen LogP contribution in [0.25, 0.3) is 0 Å². The zero-order chi connectivity index (χ0) is 13.3.